The molecule has 0 amide bonds. The number of hydrogen-bond donors (Lipinski definition) is 0. The van der Waals surface area contributed by atoms with Crippen LogP contribution >= 0.6 is 0 Å². The number of halogens is 1. The predicted octanol–water partition coefficient (Wildman–Crippen LogP) is 4.68. The third-order valence-corrected chi connectivity index (χ3v) is 4.65. The molecule has 0 spiro atoms. The molecule has 150 valence electrons. The molecular formula is C23H18FN3O3. The molecule has 2 heterocycles. The molecule has 0 atom stereocenters. The van der Waals surface area contributed by atoms with Crippen molar-refractivity contribution >= 4 is 28.8 Å². The minimum Gasteiger partial charge on any atom is -0.496 e. The number of benzene rings is 2. The average Bonchev–Trinajstić information content (AvgIpc) is 3.19. The molecule has 0 radical (unpaired) electrons. The number of rotatable bonds is 5. The fraction of sp³-hybridized carbons (Fsp3) is 0.0870. The monoisotopic (exact) mass is 403 g/mol. The Balaban J connectivity index is 1.85. The van der Waals surface area contributed by atoms with E-state index in [1.807, 2.05) is 18.2 Å². The first-order valence-electron chi connectivity index (χ1n) is 9.14. The summed E-state index contributed by atoms with van der Waals surface area (Å²) in [7, 11) is 2.88. The molecule has 0 aliphatic carbocycles. The number of carbonyl (C=O) groups is 1. The highest BCUT2D eigenvalue weighted by atomic mass is 19.1. The topological polar surface area (TPSA) is 66.2 Å². The zero-order chi connectivity index (χ0) is 21.1. The van der Waals surface area contributed by atoms with Crippen LogP contribution in [0.2, 0.25) is 0 Å². The van der Waals surface area contributed by atoms with Crippen LogP contribution in [0.3, 0.4) is 0 Å². The van der Waals surface area contributed by atoms with Gasteiger partial charge in [0.05, 0.1) is 31.0 Å². The van der Waals surface area contributed by atoms with Gasteiger partial charge in [0.25, 0.3) is 0 Å². The highest BCUT2D eigenvalue weighted by molar-refractivity contribution is 5.93. The van der Waals surface area contributed by atoms with Crippen LogP contribution in [0.4, 0.5) is 4.39 Å². The Morgan fingerprint density at radius 3 is 2.43 bits per heavy atom. The highest BCUT2D eigenvalue weighted by Crippen LogP contribution is 2.34. The van der Waals surface area contributed by atoms with E-state index in [0.29, 0.717) is 22.8 Å². The molecule has 0 fully saturated rings. The number of aromatic nitrogens is 3. The van der Waals surface area contributed by atoms with Crippen molar-refractivity contribution in [3.05, 3.63) is 83.8 Å². The van der Waals surface area contributed by atoms with Crippen LogP contribution in [0.1, 0.15) is 21.6 Å². The first kappa shape index (κ1) is 19.3. The number of ether oxygens (including phenoxy) is 2. The van der Waals surface area contributed by atoms with Crippen LogP contribution in [0.15, 0.2) is 67.0 Å². The van der Waals surface area contributed by atoms with Crippen molar-refractivity contribution < 1.29 is 18.7 Å². The summed E-state index contributed by atoms with van der Waals surface area (Å²) >= 11 is 0. The second-order valence-corrected chi connectivity index (χ2v) is 6.41. The zero-order valence-corrected chi connectivity index (χ0v) is 16.4. The van der Waals surface area contributed by atoms with E-state index in [-0.39, 0.29) is 5.69 Å². The lowest BCUT2D eigenvalue weighted by Gasteiger charge is -2.08. The van der Waals surface area contributed by atoms with Crippen LogP contribution in [0.5, 0.6) is 5.75 Å². The third-order valence-electron chi connectivity index (χ3n) is 4.65. The highest BCUT2D eigenvalue weighted by Gasteiger charge is 2.18. The summed E-state index contributed by atoms with van der Waals surface area (Å²) in [5.41, 5.74) is 2.00. The molecule has 0 saturated heterocycles. The first-order chi connectivity index (χ1) is 14.6. The molecule has 2 aromatic carbocycles. The maximum Gasteiger partial charge on any atom is 0.337 e. The standard InChI is InChI=1S/C23H18FN3O3/c1-29-21-6-3-5-19-17(21)14-20(27(19)23-25-11-4-12-26-23)18(24)13-15-7-9-16(10-8-15)22(28)30-2/h3-14H,1-2H3. The van der Waals surface area contributed by atoms with Crippen LogP contribution in [-0.4, -0.2) is 34.7 Å². The van der Waals surface area contributed by atoms with E-state index in [4.69, 9.17) is 4.74 Å². The van der Waals surface area contributed by atoms with Crippen molar-refractivity contribution in [2.24, 2.45) is 0 Å². The van der Waals surface area contributed by atoms with E-state index in [1.54, 1.807) is 60.5 Å². The third kappa shape index (κ3) is 3.53. The second-order valence-electron chi connectivity index (χ2n) is 6.41. The minimum atomic E-state index is -0.480. The van der Waals surface area contributed by atoms with E-state index in [0.717, 1.165) is 10.9 Å². The summed E-state index contributed by atoms with van der Waals surface area (Å²) in [4.78, 5) is 20.2. The Morgan fingerprint density at radius 1 is 1.03 bits per heavy atom. The molecule has 4 aromatic rings. The number of esters is 1. The van der Waals surface area contributed by atoms with Crippen molar-refractivity contribution in [2.75, 3.05) is 14.2 Å². The van der Waals surface area contributed by atoms with Crippen LogP contribution < -0.4 is 4.74 Å². The van der Waals surface area contributed by atoms with Gasteiger partial charge in [0.1, 0.15) is 11.6 Å². The Hall–Kier alpha value is -4.00. The lowest BCUT2D eigenvalue weighted by atomic mass is 10.1. The predicted molar refractivity (Wildman–Crippen MR) is 112 cm³/mol. The van der Waals surface area contributed by atoms with Gasteiger partial charge in [-0.05, 0) is 48.0 Å². The summed E-state index contributed by atoms with van der Waals surface area (Å²) < 4.78 is 27.2. The van der Waals surface area contributed by atoms with Crippen molar-refractivity contribution in [1.29, 1.82) is 0 Å². The van der Waals surface area contributed by atoms with E-state index < -0.39 is 11.8 Å². The largest absolute Gasteiger partial charge is 0.496 e. The van der Waals surface area contributed by atoms with Crippen LogP contribution in [0, 0.1) is 0 Å². The Kier molecular flexibility index (Phi) is 5.26. The zero-order valence-electron chi connectivity index (χ0n) is 16.4. The number of fused-ring (bicyclic) bond motifs is 1. The fourth-order valence-corrected chi connectivity index (χ4v) is 3.23. The van der Waals surface area contributed by atoms with Gasteiger partial charge in [-0.2, -0.15) is 0 Å². The summed E-state index contributed by atoms with van der Waals surface area (Å²) in [6.45, 7) is 0. The molecule has 4 rings (SSSR count). The fourth-order valence-electron chi connectivity index (χ4n) is 3.23. The van der Waals surface area contributed by atoms with Crippen LogP contribution in [-0.2, 0) is 4.74 Å². The molecule has 0 N–H and O–H groups in total. The summed E-state index contributed by atoms with van der Waals surface area (Å²) in [6.07, 6.45) is 4.59. The second kappa shape index (κ2) is 8.16. The van der Waals surface area contributed by atoms with Crippen molar-refractivity contribution in [3.63, 3.8) is 0 Å². The summed E-state index contributed by atoms with van der Waals surface area (Å²) in [5.74, 6) is 0.0463. The molecule has 0 saturated carbocycles. The van der Waals surface area contributed by atoms with E-state index in [2.05, 4.69) is 14.7 Å². The molecule has 7 heteroatoms. The maximum atomic E-state index is 15.4. The number of nitrogens with zero attached hydrogens (tertiary/aromatic N) is 3. The average molecular weight is 403 g/mol. The molecular weight excluding hydrogens is 385 g/mol. The number of carbonyl (C=O) groups excluding carboxylic acids is 1. The van der Waals surface area contributed by atoms with E-state index in [9.17, 15) is 4.79 Å². The van der Waals surface area contributed by atoms with Crippen molar-refractivity contribution in [1.82, 2.24) is 14.5 Å². The number of methoxy groups -OCH3 is 2. The van der Waals surface area contributed by atoms with Gasteiger partial charge >= 0.3 is 5.97 Å². The summed E-state index contributed by atoms with van der Waals surface area (Å²) in [6, 6.07) is 15.4. The van der Waals surface area contributed by atoms with Gasteiger partial charge in [-0.15, -0.1) is 0 Å². The van der Waals surface area contributed by atoms with E-state index in [1.165, 1.54) is 13.2 Å². The first-order valence-corrected chi connectivity index (χ1v) is 9.14. The molecule has 0 bridgehead atoms. The lowest BCUT2D eigenvalue weighted by molar-refractivity contribution is 0.0600. The summed E-state index contributed by atoms with van der Waals surface area (Å²) in [5, 5.41) is 0.743. The Morgan fingerprint density at radius 2 is 1.77 bits per heavy atom. The lowest BCUT2D eigenvalue weighted by Crippen LogP contribution is -2.03. The smallest absolute Gasteiger partial charge is 0.337 e. The van der Waals surface area contributed by atoms with Gasteiger partial charge < -0.3 is 9.47 Å². The van der Waals surface area contributed by atoms with Gasteiger partial charge in [0.15, 0.2) is 0 Å². The Bertz CT molecular complexity index is 1230. The van der Waals surface area contributed by atoms with Gasteiger partial charge in [-0.25, -0.2) is 19.2 Å². The molecule has 2 aromatic heterocycles. The normalized spacial score (nSPS) is 11.5. The minimum absolute atomic E-state index is 0.290. The molecule has 0 aliphatic heterocycles. The van der Waals surface area contributed by atoms with Gasteiger partial charge in [-0.3, -0.25) is 4.57 Å². The molecule has 0 unspecified atom stereocenters. The Labute approximate surface area is 172 Å². The molecule has 6 nitrogen and oxygen atoms in total. The van der Waals surface area contributed by atoms with E-state index >= 15 is 4.39 Å². The van der Waals surface area contributed by atoms with Crippen molar-refractivity contribution in [3.8, 4) is 11.7 Å². The van der Waals surface area contributed by atoms with Gasteiger partial charge in [-0.1, -0.05) is 18.2 Å². The molecule has 0 aliphatic rings. The SMILES string of the molecule is COC(=O)c1ccc(C=C(F)c2cc3c(OC)cccc3n2-c2ncccn2)cc1. The number of hydrogen-bond acceptors (Lipinski definition) is 5. The van der Waals surface area contributed by atoms with Gasteiger partial charge in [0.2, 0.25) is 5.95 Å². The maximum absolute atomic E-state index is 15.4. The quantitative estimate of drug-likeness (QED) is 0.453. The van der Waals surface area contributed by atoms with Crippen molar-refractivity contribution in [2.45, 2.75) is 0 Å². The van der Waals surface area contributed by atoms with Gasteiger partial charge in [0, 0.05) is 17.8 Å². The molecule has 30 heavy (non-hydrogen) atoms. The van der Waals surface area contributed by atoms with Crippen LogP contribution in [0.25, 0.3) is 28.8 Å².